The van der Waals surface area contributed by atoms with Gasteiger partial charge in [-0.1, -0.05) is 60.7 Å². The highest BCUT2D eigenvalue weighted by molar-refractivity contribution is 5.84. The summed E-state index contributed by atoms with van der Waals surface area (Å²) in [6.07, 6.45) is 3.61. The smallest absolute Gasteiger partial charge is 0.207 e. The van der Waals surface area contributed by atoms with Crippen LogP contribution in [0.2, 0.25) is 0 Å². The van der Waals surface area contributed by atoms with Crippen LogP contribution in [0.15, 0.2) is 103 Å². The van der Waals surface area contributed by atoms with Gasteiger partial charge in [0, 0.05) is 12.4 Å². The van der Waals surface area contributed by atoms with Gasteiger partial charge in [-0.25, -0.2) is 14.1 Å². The Morgan fingerprint density at radius 3 is 2.14 bits per heavy atom. The second kappa shape index (κ2) is 11.5. The van der Waals surface area contributed by atoms with Gasteiger partial charge in [0.25, 0.3) is 0 Å². The minimum Gasteiger partial charge on any atom is -0.493 e. The molecule has 8 nitrogen and oxygen atoms in total. The normalized spacial score (nSPS) is 13.9. The number of hydrogen-bond acceptors (Lipinski definition) is 6. The molecule has 2 aromatic heterocycles. The first kappa shape index (κ1) is 27.7. The van der Waals surface area contributed by atoms with Crippen molar-refractivity contribution in [3.8, 4) is 34.3 Å². The van der Waals surface area contributed by atoms with E-state index in [-0.39, 0.29) is 30.3 Å². The molecule has 0 amide bonds. The summed E-state index contributed by atoms with van der Waals surface area (Å²) in [5.74, 6) is 0.349. The van der Waals surface area contributed by atoms with Crippen LogP contribution < -0.4 is 14.2 Å². The molecule has 1 saturated heterocycles. The minimum atomic E-state index is -0.586. The SMILES string of the molecule is COc1cc(-c2nc3ccc(-n4cccn4)cc3n2C2(C)COC2)c(F)c(OCc2ccccc2)c1OCc1ccccc1. The third-order valence-corrected chi connectivity index (χ3v) is 7.83. The third-order valence-electron chi connectivity index (χ3n) is 7.83. The van der Waals surface area contributed by atoms with Crippen LogP contribution in [0.3, 0.4) is 0 Å². The van der Waals surface area contributed by atoms with E-state index in [0.29, 0.717) is 24.8 Å². The molecule has 1 aliphatic rings. The molecule has 0 radical (unpaired) electrons. The summed E-state index contributed by atoms with van der Waals surface area (Å²) in [5, 5.41) is 4.38. The lowest BCUT2D eigenvalue weighted by atomic mass is 9.98. The minimum absolute atomic E-state index is 0.0371. The van der Waals surface area contributed by atoms with Crippen molar-refractivity contribution in [3.05, 3.63) is 120 Å². The predicted octanol–water partition coefficient (Wildman–Crippen LogP) is 6.94. The third kappa shape index (κ3) is 5.05. The van der Waals surface area contributed by atoms with Crippen molar-refractivity contribution < 1.29 is 23.3 Å². The van der Waals surface area contributed by atoms with Crippen LogP contribution in [0.5, 0.6) is 17.2 Å². The fourth-order valence-corrected chi connectivity index (χ4v) is 5.51. The van der Waals surface area contributed by atoms with Gasteiger partial charge >= 0.3 is 0 Å². The number of hydrogen-bond donors (Lipinski definition) is 0. The molecule has 7 rings (SSSR count). The second-order valence-electron chi connectivity index (χ2n) is 11.0. The Labute approximate surface area is 254 Å². The zero-order valence-corrected chi connectivity index (χ0v) is 24.4. The van der Waals surface area contributed by atoms with Crippen molar-refractivity contribution in [1.82, 2.24) is 19.3 Å². The molecular weight excluding hydrogens is 559 g/mol. The molecule has 0 unspecified atom stereocenters. The summed E-state index contributed by atoms with van der Waals surface area (Å²) >= 11 is 0. The summed E-state index contributed by atoms with van der Waals surface area (Å²) in [4.78, 5) is 4.96. The quantitative estimate of drug-likeness (QED) is 0.172. The monoisotopic (exact) mass is 590 g/mol. The number of fused-ring (bicyclic) bond motifs is 1. The van der Waals surface area contributed by atoms with E-state index in [2.05, 4.69) is 16.6 Å². The summed E-state index contributed by atoms with van der Waals surface area (Å²) in [6.45, 7) is 3.36. The zero-order chi connectivity index (χ0) is 30.1. The van der Waals surface area contributed by atoms with Gasteiger partial charge in [-0.3, -0.25) is 0 Å². The van der Waals surface area contributed by atoms with Crippen LogP contribution >= 0.6 is 0 Å². The molecule has 9 heteroatoms. The van der Waals surface area contributed by atoms with Crippen molar-refractivity contribution in [2.45, 2.75) is 25.7 Å². The topological polar surface area (TPSA) is 72.6 Å². The lowest BCUT2D eigenvalue weighted by Gasteiger charge is -2.41. The lowest BCUT2D eigenvalue weighted by molar-refractivity contribution is -0.0868. The van der Waals surface area contributed by atoms with Gasteiger partial charge in [-0.05, 0) is 48.4 Å². The second-order valence-corrected chi connectivity index (χ2v) is 11.0. The first-order chi connectivity index (χ1) is 21.5. The summed E-state index contributed by atoms with van der Waals surface area (Å²) < 4.78 is 44.6. The largest absolute Gasteiger partial charge is 0.493 e. The number of halogens is 1. The van der Waals surface area contributed by atoms with Crippen LogP contribution in [0.4, 0.5) is 4.39 Å². The van der Waals surface area contributed by atoms with E-state index < -0.39 is 11.4 Å². The van der Waals surface area contributed by atoms with E-state index in [1.807, 2.05) is 91.1 Å². The molecule has 6 aromatic rings. The number of ether oxygens (including phenoxy) is 4. The molecule has 4 aromatic carbocycles. The van der Waals surface area contributed by atoms with E-state index in [1.54, 1.807) is 16.9 Å². The Morgan fingerprint density at radius 1 is 0.864 bits per heavy atom. The van der Waals surface area contributed by atoms with Crippen molar-refractivity contribution in [2.24, 2.45) is 0 Å². The molecule has 0 atom stereocenters. The van der Waals surface area contributed by atoms with E-state index in [1.165, 1.54) is 7.11 Å². The average molecular weight is 591 g/mol. The van der Waals surface area contributed by atoms with Gasteiger partial charge in [-0.2, -0.15) is 5.10 Å². The molecule has 1 aliphatic heterocycles. The van der Waals surface area contributed by atoms with E-state index in [0.717, 1.165) is 27.8 Å². The molecule has 44 heavy (non-hydrogen) atoms. The first-order valence-corrected chi connectivity index (χ1v) is 14.4. The number of aromatic nitrogens is 4. The zero-order valence-electron chi connectivity index (χ0n) is 24.4. The first-order valence-electron chi connectivity index (χ1n) is 14.4. The number of methoxy groups -OCH3 is 1. The maximum absolute atomic E-state index is 16.9. The Kier molecular flexibility index (Phi) is 7.23. The van der Waals surface area contributed by atoms with Gasteiger partial charge in [0.15, 0.2) is 11.6 Å². The van der Waals surface area contributed by atoms with Crippen molar-refractivity contribution in [3.63, 3.8) is 0 Å². The van der Waals surface area contributed by atoms with Gasteiger partial charge in [0.2, 0.25) is 11.5 Å². The summed E-state index contributed by atoms with van der Waals surface area (Å²) in [6, 6.07) is 28.7. The Balaban J connectivity index is 1.39. The Bertz CT molecular complexity index is 1900. The van der Waals surface area contributed by atoms with Gasteiger partial charge in [0.05, 0.1) is 48.1 Å². The molecule has 222 valence electrons. The number of rotatable bonds is 10. The fourth-order valence-electron chi connectivity index (χ4n) is 5.51. The van der Waals surface area contributed by atoms with Gasteiger partial charge in [0.1, 0.15) is 19.0 Å². The van der Waals surface area contributed by atoms with E-state index in [9.17, 15) is 0 Å². The van der Waals surface area contributed by atoms with E-state index >= 15 is 4.39 Å². The highest BCUT2D eigenvalue weighted by Gasteiger charge is 2.40. The Morgan fingerprint density at radius 2 is 1.55 bits per heavy atom. The maximum Gasteiger partial charge on any atom is 0.207 e. The molecule has 0 N–H and O–H groups in total. The van der Waals surface area contributed by atoms with Crippen LogP contribution in [-0.2, 0) is 23.5 Å². The van der Waals surface area contributed by atoms with Crippen LogP contribution in [0.1, 0.15) is 18.1 Å². The van der Waals surface area contributed by atoms with Crippen LogP contribution in [0, 0.1) is 5.82 Å². The lowest BCUT2D eigenvalue weighted by Crippen LogP contribution is -2.49. The number of nitrogens with zero attached hydrogens (tertiary/aromatic N) is 4. The molecule has 0 spiro atoms. The van der Waals surface area contributed by atoms with Gasteiger partial charge in [-0.15, -0.1) is 0 Å². The van der Waals surface area contributed by atoms with Crippen LogP contribution in [-0.4, -0.2) is 39.7 Å². The van der Waals surface area contributed by atoms with Gasteiger partial charge < -0.3 is 23.5 Å². The summed E-state index contributed by atoms with van der Waals surface area (Å²) in [5.41, 5.74) is 4.05. The number of benzene rings is 4. The standard InChI is InChI=1S/C35H31FN4O4/c1-35(22-42-23-35)40-29-18-26(39-17-9-16-37-39)14-15-28(29)38-34(40)27-19-30(41-2)32(43-20-24-10-5-3-6-11-24)33(31(27)36)44-21-25-12-7-4-8-13-25/h3-19H,20-23H2,1-2H3. The van der Waals surface area contributed by atoms with Crippen molar-refractivity contribution in [1.29, 1.82) is 0 Å². The fraction of sp³-hybridized carbons (Fsp3) is 0.200. The molecule has 0 saturated carbocycles. The van der Waals surface area contributed by atoms with Crippen molar-refractivity contribution >= 4 is 11.0 Å². The molecule has 0 aliphatic carbocycles. The summed E-state index contributed by atoms with van der Waals surface area (Å²) in [7, 11) is 1.54. The Hall–Kier alpha value is -5.15. The highest BCUT2D eigenvalue weighted by atomic mass is 19.1. The van der Waals surface area contributed by atoms with Crippen LogP contribution in [0.25, 0.3) is 28.1 Å². The highest BCUT2D eigenvalue weighted by Crippen LogP contribution is 2.47. The molecule has 3 heterocycles. The average Bonchev–Trinajstić information content (AvgIpc) is 3.72. The predicted molar refractivity (Wildman–Crippen MR) is 165 cm³/mol. The molecular formula is C35H31FN4O4. The van der Waals surface area contributed by atoms with E-state index in [4.69, 9.17) is 23.9 Å². The number of imidazole rings is 1. The van der Waals surface area contributed by atoms with Crippen molar-refractivity contribution in [2.75, 3.05) is 20.3 Å². The maximum atomic E-state index is 16.9. The molecule has 1 fully saturated rings. The molecule has 0 bridgehead atoms.